The second kappa shape index (κ2) is 5.03. The number of hydrogen-bond donors (Lipinski definition) is 2. The van der Waals surface area contributed by atoms with Gasteiger partial charge in [-0.15, -0.1) is 0 Å². The molecular formula is C6H10F3NO3. The van der Waals surface area contributed by atoms with Gasteiger partial charge in [-0.2, -0.15) is 13.2 Å². The number of carbonyl (C=O) groups is 1. The molecule has 0 fully saturated rings. The van der Waals surface area contributed by atoms with Crippen molar-refractivity contribution in [1.82, 2.24) is 5.48 Å². The molecule has 0 radical (unpaired) electrons. The highest BCUT2D eigenvalue weighted by Crippen LogP contribution is 2.25. The van der Waals surface area contributed by atoms with Crippen molar-refractivity contribution in [3.8, 4) is 0 Å². The second-order valence-electron chi connectivity index (χ2n) is 2.21. The van der Waals surface area contributed by atoms with E-state index in [0.29, 0.717) is 0 Å². The Hall–Kier alpha value is -0.820. The van der Waals surface area contributed by atoms with E-state index in [2.05, 4.69) is 4.84 Å². The molecule has 0 heterocycles. The van der Waals surface area contributed by atoms with Crippen molar-refractivity contribution in [2.45, 2.75) is 13.1 Å². The third kappa shape index (κ3) is 4.69. The summed E-state index contributed by atoms with van der Waals surface area (Å²) in [5.74, 6) is -4.35. The Balaban J connectivity index is 4.04. The summed E-state index contributed by atoms with van der Waals surface area (Å²) in [4.78, 5) is 14.5. The molecule has 0 aromatic rings. The SMILES string of the molecule is CCONCC(C(=O)O)C(F)(F)F. The summed E-state index contributed by atoms with van der Waals surface area (Å²) in [6.45, 7) is 0.952. The van der Waals surface area contributed by atoms with Crippen LogP contribution in [-0.4, -0.2) is 30.4 Å². The molecule has 1 atom stereocenters. The number of nitrogens with one attached hydrogen (secondary N) is 1. The minimum Gasteiger partial charge on any atom is -0.481 e. The molecular weight excluding hydrogens is 191 g/mol. The highest BCUT2D eigenvalue weighted by molar-refractivity contribution is 5.71. The molecule has 0 spiro atoms. The normalized spacial score (nSPS) is 14.2. The van der Waals surface area contributed by atoms with E-state index in [1.54, 1.807) is 6.92 Å². The molecule has 1 unspecified atom stereocenters. The Kier molecular flexibility index (Phi) is 4.71. The molecule has 0 aliphatic rings. The Bertz CT molecular complexity index is 171. The van der Waals surface area contributed by atoms with Crippen molar-refractivity contribution in [2.75, 3.05) is 13.2 Å². The van der Waals surface area contributed by atoms with Gasteiger partial charge < -0.3 is 9.94 Å². The maximum absolute atomic E-state index is 11.9. The van der Waals surface area contributed by atoms with Gasteiger partial charge in [0.2, 0.25) is 0 Å². The van der Waals surface area contributed by atoms with Gasteiger partial charge >= 0.3 is 12.1 Å². The zero-order valence-electron chi connectivity index (χ0n) is 6.89. The average Bonchev–Trinajstić information content (AvgIpc) is 1.94. The Labute approximate surface area is 72.6 Å². The van der Waals surface area contributed by atoms with Crippen molar-refractivity contribution < 1.29 is 27.9 Å². The van der Waals surface area contributed by atoms with Gasteiger partial charge in [0.15, 0.2) is 5.92 Å². The first-order valence-corrected chi connectivity index (χ1v) is 3.53. The molecule has 13 heavy (non-hydrogen) atoms. The molecule has 0 aromatic carbocycles. The molecule has 0 aliphatic heterocycles. The Morgan fingerprint density at radius 3 is 2.46 bits per heavy atom. The van der Waals surface area contributed by atoms with E-state index >= 15 is 0 Å². The lowest BCUT2D eigenvalue weighted by Gasteiger charge is -2.15. The van der Waals surface area contributed by atoms with Crippen LogP contribution < -0.4 is 5.48 Å². The number of aliphatic carboxylic acids is 1. The summed E-state index contributed by atoms with van der Waals surface area (Å²) >= 11 is 0. The number of alkyl halides is 3. The lowest BCUT2D eigenvalue weighted by Crippen LogP contribution is -2.39. The molecule has 0 rings (SSSR count). The minimum absolute atomic E-state index is 0.171. The first-order chi connectivity index (χ1) is 5.89. The fourth-order valence-electron chi connectivity index (χ4n) is 0.587. The van der Waals surface area contributed by atoms with Gasteiger partial charge in [0.05, 0.1) is 6.61 Å². The number of halogens is 3. The largest absolute Gasteiger partial charge is 0.481 e. The summed E-state index contributed by atoms with van der Waals surface area (Å²) in [6, 6.07) is 0. The summed E-state index contributed by atoms with van der Waals surface area (Å²) in [5.41, 5.74) is 1.92. The zero-order valence-corrected chi connectivity index (χ0v) is 6.89. The predicted octanol–water partition coefficient (Wildman–Crippen LogP) is 0.791. The number of hydroxylamine groups is 1. The van der Waals surface area contributed by atoms with Crippen LogP contribution in [0.3, 0.4) is 0 Å². The molecule has 2 N–H and O–H groups in total. The first kappa shape index (κ1) is 12.2. The van der Waals surface area contributed by atoms with Gasteiger partial charge in [0, 0.05) is 6.54 Å². The van der Waals surface area contributed by atoms with Crippen molar-refractivity contribution >= 4 is 5.97 Å². The molecule has 0 saturated heterocycles. The lowest BCUT2D eigenvalue weighted by atomic mass is 10.1. The Morgan fingerprint density at radius 1 is 1.62 bits per heavy atom. The summed E-state index contributed by atoms with van der Waals surface area (Å²) in [5, 5.41) is 8.19. The van der Waals surface area contributed by atoms with Crippen molar-refractivity contribution in [3.05, 3.63) is 0 Å². The van der Waals surface area contributed by atoms with Crippen LogP contribution in [0.4, 0.5) is 13.2 Å². The maximum Gasteiger partial charge on any atom is 0.403 e. The third-order valence-electron chi connectivity index (χ3n) is 1.23. The minimum atomic E-state index is -4.75. The molecule has 0 aliphatic carbocycles. The average molecular weight is 201 g/mol. The van der Waals surface area contributed by atoms with Crippen molar-refractivity contribution in [1.29, 1.82) is 0 Å². The van der Waals surface area contributed by atoms with Crippen LogP contribution in [0.15, 0.2) is 0 Å². The van der Waals surface area contributed by atoms with Crippen LogP contribution in [0.1, 0.15) is 6.92 Å². The summed E-state index contributed by atoms with van der Waals surface area (Å²) < 4.78 is 35.8. The van der Waals surface area contributed by atoms with Crippen LogP contribution in [0, 0.1) is 5.92 Å². The highest BCUT2D eigenvalue weighted by atomic mass is 19.4. The van der Waals surface area contributed by atoms with Gasteiger partial charge in [-0.25, -0.2) is 5.48 Å². The molecule has 7 heteroatoms. The smallest absolute Gasteiger partial charge is 0.403 e. The van der Waals surface area contributed by atoms with E-state index < -0.39 is 24.6 Å². The quantitative estimate of drug-likeness (QED) is 0.510. The zero-order chi connectivity index (χ0) is 10.5. The summed E-state index contributed by atoms with van der Waals surface area (Å²) in [7, 11) is 0. The van der Waals surface area contributed by atoms with Gasteiger partial charge in [-0.1, -0.05) is 0 Å². The van der Waals surface area contributed by atoms with Crippen LogP contribution in [0.2, 0.25) is 0 Å². The third-order valence-corrected chi connectivity index (χ3v) is 1.23. The fraction of sp³-hybridized carbons (Fsp3) is 0.833. The number of carboxylic acids is 1. The van der Waals surface area contributed by atoms with Gasteiger partial charge in [0.1, 0.15) is 0 Å². The van der Waals surface area contributed by atoms with E-state index in [9.17, 15) is 18.0 Å². The molecule has 0 aromatic heterocycles. The second-order valence-corrected chi connectivity index (χ2v) is 2.21. The highest BCUT2D eigenvalue weighted by Gasteiger charge is 2.44. The van der Waals surface area contributed by atoms with Crippen molar-refractivity contribution in [2.24, 2.45) is 5.92 Å². The topological polar surface area (TPSA) is 58.6 Å². The maximum atomic E-state index is 11.9. The van der Waals surface area contributed by atoms with E-state index in [1.807, 2.05) is 5.48 Å². The monoisotopic (exact) mass is 201 g/mol. The standard InChI is InChI=1S/C6H10F3NO3/c1-2-13-10-3-4(5(11)12)6(7,8)9/h4,10H,2-3H2,1H3,(H,11,12). The van der Waals surface area contributed by atoms with Gasteiger partial charge in [0.25, 0.3) is 0 Å². The van der Waals surface area contributed by atoms with Gasteiger partial charge in [-0.05, 0) is 6.92 Å². The molecule has 0 bridgehead atoms. The van der Waals surface area contributed by atoms with Crippen LogP contribution in [0.25, 0.3) is 0 Å². The van der Waals surface area contributed by atoms with E-state index in [0.717, 1.165) is 0 Å². The molecule has 0 saturated carbocycles. The summed E-state index contributed by atoms with van der Waals surface area (Å²) in [6.07, 6.45) is -4.75. The fourth-order valence-corrected chi connectivity index (χ4v) is 0.587. The number of carboxylic acid groups (broad SMARTS) is 1. The molecule has 0 amide bonds. The van der Waals surface area contributed by atoms with E-state index in [4.69, 9.17) is 5.11 Å². The van der Waals surface area contributed by atoms with Crippen molar-refractivity contribution in [3.63, 3.8) is 0 Å². The number of hydrogen-bond acceptors (Lipinski definition) is 3. The first-order valence-electron chi connectivity index (χ1n) is 3.53. The predicted molar refractivity (Wildman–Crippen MR) is 36.8 cm³/mol. The van der Waals surface area contributed by atoms with E-state index in [1.165, 1.54) is 0 Å². The Morgan fingerprint density at radius 2 is 2.15 bits per heavy atom. The van der Waals surface area contributed by atoms with Gasteiger partial charge in [-0.3, -0.25) is 4.79 Å². The lowest BCUT2D eigenvalue weighted by molar-refractivity contribution is -0.196. The van der Waals surface area contributed by atoms with E-state index in [-0.39, 0.29) is 6.61 Å². The molecule has 4 nitrogen and oxygen atoms in total. The van der Waals surface area contributed by atoms with Crippen LogP contribution in [-0.2, 0) is 9.63 Å². The van der Waals surface area contributed by atoms with Crippen LogP contribution in [0.5, 0.6) is 0 Å². The molecule has 78 valence electrons. The number of rotatable bonds is 5. The van der Waals surface area contributed by atoms with Crippen LogP contribution >= 0.6 is 0 Å².